The average Bonchev–Trinajstić information content (AvgIpc) is 3.38. The predicted molar refractivity (Wildman–Crippen MR) is 112 cm³/mol. The molecule has 5 atom stereocenters. The van der Waals surface area contributed by atoms with Crippen LogP contribution in [0.25, 0.3) is 10.8 Å². The Morgan fingerprint density at radius 1 is 0.967 bits per heavy atom. The second kappa shape index (κ2) is 6.59. The van der Waals surface area contributed by atoms with Crippen LogP contribution in [0.2, 0.25) is 0 Å². The Morgan fingerprint density at radius 2 is 1.77 bits per heavy atom. The van der Waals surface area contributed by atoms with Crippen molar-refractivity contribution in [1.29, 1.82) is 0 Å². The zero-order valence-corrected chi connectivity index (χ0v) is 16.3. The van der Waals surface area contributed by atoms with Crippen molar-refractivity contribution in [3.05, 3.63) is 66.7 Å². The standard InChI is InChI=1S/C25H21NO4/c27-24(22-15-12-19-21(13-15)30-25(28)23(19)22)26-16-8-10-17(11-9-16)29-20-7-3-5-14-4-1-2-6-18(14)20/h1-11,15,19,21-23H,12-13H2,(H,26,27)/t15-,19-,21-,22-,23+/m1/s1. The second-order valence-electron chi connectivity index (χ2n) is 8.52. The van der Waals surface area contributed by atoms with Gasteiger partial charge in [0.1, 0.15) is 17.6 Å². The summed E-state index contributed by atoms with van der Waals surface area (Å²) >= 11 is 0. The molecule has 3 aromatic rings. The molecule has 0 aromatic heterocycles. The number of benzene rings is 3. The summed E-state index contributed by atoms with van der Waals surface area (Å²) in [6.07, 6.45) is 1.79. The van der Waals surface area contributed by atoms with E-state index in [2.05, 4.69) is 17.4 Å². The van der Waals surface area contributed by atoms with Gasteiger partial charge in [-0.25, -0.2) is 0 Å². The van der Waals surface area contributed by atoms with Gasteiger partial charge in [-0.2, -0.15) is 0 Å². The van der Waals surface area contributed by atoms with Crippen LogP contribution in [0.5, 0.6) is 11.5 Å². The molecule has 0 spiro atoms. The summed E-state index contributed by atoms with van der Waals surface area (Å²) in [5.41, 5.74) is 0.705. The Hall–Kier alpha value is -3.34. The molecule has 0 radical (unpaired) electrons. The van der Waals surface area contributed by atoms with Gasteiger partial charge < -0.3 is 14.8 Å². The Kier molecular flexibility index (Phi) is 3.85. The number of hydrogen-bond acceptors (Lipinski definition) is 4. The van der Waals surface area contributed by atoms with Crippen LogP contribution >= 0.6 is 0 Å². The van der Waals surface area contributed by atoms with Gasteiger partial charge in [-0.3, -0.25) is 9.59 Å². The zero-order chi connectivity index (χ0) is 20.2. The van der Waals surface area contributed by atoms with E-state index in [4.69, 9.17) is 9.47 Å². The minimum atomic E-state index is -0.271. The van der Waals surface area contributed by atoms with Crippen molar-refractivity contribution in [1.82, 2.24) is 0 Å². The zero-order valence-electron chi connectivity index (χ0n) is 16.3. The number of rotatable bonds is 4. The van der Waals surface area contributed by atoms with Crippen molar-refractivity contribution >= 4 is 28.3 Å². The predicted octanol–water partition coefficient (Wildman–Crippen LogP) is 4.77. The second-order valence-corrected chi connectivity index (χ2v) is 8.52. The van der Waals surface area contributed by atoms with E-state index in [0.29, 0.717) is 11.4 Å². The molecule has 150 valence electrons. The number of carbonyl (C=O) groups is 2. The summed E-state index contributed by atoms with van der Waals surface area (Å²) in [5, 5.41) is 5.16. The van der Waals surface area contributed by atoms with Crippen LogP contribution < -0.4 is 10.1 Å². The third-order valence-corrected chi connectivity index (χ3v) is 6.89. The number of hydrogen-bond donors (Lipinski definition) is 1. The average molecular weight is 399 g/mol. The molecule has 1 N–H and O–H groups in total. The minimum absolute atomic E-state index is 0.0436. The van der Waals surface area contributed by atoms with Gasteiger partial charge in [0.05, 0.1) is 11.8 Å². The summed E-state index contributed by atoms with van der Waals surface area (Å²) in [4.78, 5) is 25.1. The third-order valence-electron chi connectivity index (χ3n) is 6.89. The van der Waals surface area contributed by atoms with Crippen LogP contribution in [0, 0.1) is 23.7 Å². The van der Waals surface area contributed by atoms with Gasteiger partial charge in [0.15, 0.2) is 0 Å². The molecule has 1 amide bonds. The summed E-state index contributed by atoms with van der Waals surface area (Å²) < 4.78 is 11.5. The van der Waals surface area contributed by atoms with Crippen LogP contribution in [0.3, 0.4) is 0 Å². The van der Waals surface area contributed by atoms with Gasteiger partial charge in [0, 0.05) is 17.0 Å². The highest BCUT2D eigenvalue weighted by atomic mass is 16.6. The molecule has 1 aliphatic heterocycles. The lowest BCUT2D eigenvalue weighted by atomic mass is 9.79. The van der Waals surface area contributed by atoms with Gasteiger partial charge in [0.25, 0.3) is 0 Å². The van der Waals surface area contributed by atoms with Gasteiger partial charge in [-0.1, -0.05) is 36.4 Å². The van der Waals surface area contributed by atoms with E-state index in [9.17, 15) is 9.59 Å². The summed E-state index contributed by atoms with van der Waals surface area (Å²) in [6, 6.07) is 21.4. The maximum Gasteiger partial charge on any atom is 0.310 e. The molecule has 2 bridgehead atoms. The Bertz CT molecular complexity index is 1150. The fraction of sp³-hybridized carbons (Fsp3) is 0.280. The molecule has 30 heavy (non-hydrogen) atoms. The van der Waals surface area contributed by atoms with E-state index >= 15 is 0 Å². The van der Waals surface area contributed by atoms with Gasteiger partial charge >= 0.3 is 5.97 Å². The highest BCUT2D eigenvalue weighted by molar-refractivity contribution is 5.97. The first kappa shape index (κ1) is 17.5. The molecule has 1 heterocycles. The molecule has 0 unspecified atom stereocenters. The quantitative estimate of drug-likeness (QED) is 0.642. The third kappa shape index (κ3) is 2.69. The number of amides is 1. The van der Waals surface area contributed by atoms with Crippen LogP contribution in [0.1, 0.15) is 12.8 Å². The molecule has 3 aliphatic rings. The Morgan fingerprint density at radius 3 is 2.63 bits per heavy atom. The van der Waals surface area contributed by atoms with Crippen molar-refractivity contribution in [2.45, 2.75) is 18.9 Å². The fourth-order valence-corrected chi connectivity index (χ4v) is 5.61. The number of ether oxygens (including phenoxy) is 2. The lowest BCUT2D eigenvalue weighted by Gasteiger charge is -2.23. The van der Waals surface area contributed by atoms with E-state index in [1.165, 1.54) is 0 Å². The molecule has 6 rings (SSSR count). The van der Waals surface area contributed by atoms with Crippen molar-refractivity contribution < 1.29 is 19.1 Å². The summed E-state index contributed by atoms with van der Waals surface area (Å²) in [5.74, 6) is 1.18. The smallest absolute Gasteiger partial charge is 0.310 e. The maximum absolute atomic E-state index is 12.9. The first-order chi connectivity index (χ1) is 14.7. The first-order valence-corrected chi connectivity index (χ1v) is 10.4. The lowest BCUT2D eigenvalue weighted by molar-refractivity contribution is -0.145. The fourth-order valence-electron chi connectivity index (χ4n) is 5.61. The van der Waals surface area contributed by atoms with Crippen molar-refractivity contribution in [2.75, 3.05) is 5.32 Å². The van der Waals surface area contributed by atoms with Gasteiger partial charge in [-0.05, 0) is 54.5 Å². The van der Waals surface area contributed by atoms with Crippen LogP contribution in [0.15, 0.2) is 66.7 Å². The number of carbonyl (C=O) groups excluding carboxylic acids is 2. The molecule has 1 saturated heterocycles. The molecule has 2 saturated carbocycles. The van der Waals surface area contributed by atoms with E-state index in [-0.39, 0.29) is 41.7 Å². The van der Waals surface area contributed by atoms with Crippen LogP contribution in [-0.4, -0.2) is 18.0 Å². The van der Waals surface area contributed by atoms with E-state index < -0.39 is 0 Å². The van der Waals surface area contributed by atoms with Crippen LogP contribution in [0.4, 0.5) is 5.69 Å². The molecular weight excluding hydrogens is 378 g/mol. The topological polar surface area (TPSA) is 64.6 Å². The highest BCUT2D eigenvalue weighted by Crippen LogP contribution is 2.57. The highest BCUT2D eigenvalue weighted by Gasteiger charge is 2.63. The number of esters is 1. The number of fused-ring (bicyclic) bond motifs is 2. The summed E-state index contributed by atoms with van der Waals surface area (Å²) in [7, 11) is 0. The van der Waals surface area contributed by atoms with E-state index in [1.807, 2.05) is 54.6 Å². The van der Waals surface area contributed by atoms with Gasteiger partial charge in [0.2, 0.25) is 5.91 Å². The van der Waals surface area contributed by atoms with E-state index in [0.717, 1.165) is 29.4 Å². The molecule has 3 fully saturated rings. The monoisotopic (exact) mass is 399 g/mol. The minimum Gasteiger partial charge on any atom is -0.462 e. The number of anilines is 1. The van der Waals surface area contributed by atoms with E-state index in [1.54, 1.807) is 0 Å². The molecular formula is C25H21NO4. The molecule has 3 aromatic carbocycles. The van der Waals surface area contributed by atoms with Gasteiger partial charge in [-0.15, -0.1) is 0 Å². The molecule has 5 nitrogen and oxygen atoms in total. The summed E-state index contributed by atoms with van der Waals surface area (Å²) in [6.45, 7) is 0. The Balaban J connectivity index is 1.17. The first-order valence-electron chi connectivity index (χ1n) is 10.4. The Labute approximate surface area is 174 Å². The maximum atomic E-state index is 12.9. The van der Waals surface area contributed by atoms with Crippen molar-refractivity contribution in [3.63, 3.8) is 0 Å². The normalized spacial score (nSPS) is 28.5. The number of nitrogens with one attached hydrogen (secondary N) is 1. The molecule has 2 aliphatic carbocycles. The lowest BCUT2D eigenvalue weighted by Crippen LogP contribution is -2.35. The van der Waals surface area contributed by atoms with Crippen molar-refractivity contribution in [2.24, 2.45) is 23.7 Å². The van der Waals surface area contributed by atoms with Crippen molar-refractivity contribution in [3.8, 4) is 11.5 Å². The SMILES string of the molecule is O=C(Nc1ccc(Oc2cccc3ccccc23)cc1)[C@@H]1[C@@H]2C[C@H]3[C@@H]1C(=O)O[C@@H]3C2. The molecule has 5 heteroatoms. The largest absolute Gasteiger partial charge is 0.462 e. The van der Waals surface area contributed by atoms with Crippen LogP contribution in [-0.2, 0) is 14.3 Å².